The van der Waals surface area contributed by atoms with Crippen LogP contribution in [-0.2, 0) is 4.74 Å². The zero-order chi connectivity index (χ0) is 17.8. The van der Waals surface area contributed by atoms with Crippen molar-refractivity contribution in [1.29, 1.82) is 0 Å². The summed E-state index contributed by atoms with van der Waals surface area (Å²) in [4.78, 5) is 4.41. The highest BCUT2D eigenvalue weighted by Gasteiger charge is 2.30. The summed E-state index contributed by atoms with van der Waals surface area (Å²) in [5, 5.41) is 1.06. The maximum absolute atomic E-state index is 6.06. The Kier molecular flexibility index (Phi) is 5.09. The highest BCUT2D eigenvalue weighted by Crippen LogP contribution is 2.37. The van der Waals surface area contributed by atoms with Crippen LogP contribution in [0.5, 0.6) is 11.5 Å². The van der Waals surface area contributed by atoms with Crippen LogP contribution in [0.25, 0.3) is 10.9 Å². The van der Waals surface area contributed by atoms with E-state index >= 15 is 0 Å². The Morgan fingerprint density at radius 3 is 3.08 bits per heavy atom. The Morgan fingerprint density at radius 2 is 2.19 bits per heavy atom. The summed E-state index contributed by atoms with van der Waals surface area (Å²) >= 11 is 0. The Bertz CT molecular complexity index is 827. The second-order valence-corrected chi connectivity index (χ2v) is 6.92. The third-order valence-electron chi connectivity index (χ3n) is 5.14. The molecule has 1 aliphatic carbocycles. The van der Waals surface area contributed by atoms with E-state index in [0.717, 1.165) is 48.8 Å². The molecule has 0 amide bonds. The summed E-state index contributed by atoms with van der Waals surface area (Å²) in [7, 11) is 1.66. The van der Waals surface area contributed by atoms with Crippen LogP contribution in [0, 0.1) is 5.92 Å². The molecule has 2 atom stereocenters. The highest BCUT2D eigenvalue weighted by molar-refractivity contribution is 5.86. The van der Waals surface area contributed by atoms with Gasteiger partial charge in [0.2, 0.25) is 0 Å². The molecule has 4 heteroatoms. The summed E-state index contributed by atoms with van der Waals surface area (Å²) in [6.07, 6.45) is 14.1. The van der Waals surface area contributed by atoms with E-state index in [2.05, 4.69) is 23.2 Å². The highest BCUT2D eigenvalue weighted by atomic mass is 16.5. The SMILES string of the molecule is COc1c(OCCCCC2CC3CC=CC=C3O2)ccc2cccnc12. The molecule has 2 aliphatic rings. The first-order chi connectivity index (χ1) is 12.8. The lowest BCUT2D eigenvalue weighted by atomic mass is 9.94. The van der Waals surface area contributed by atoms with E-state index < -0.39 is 0 Å². The molecule has 2 unspecified atom stereocenters. The fraction of sp³-hybridized carbons (Fsp3) is 0.409. The van der Waals surface area contributed by atoms with Gasteiger partial charge in [-0.1, -0.05) is 18.2 Å². The number of fused-ring (bicyclic) bond motifs is 2. The summed E-state index contributed by atoms with van der Waals surface area (Å²) < 4.78 is 17.6. The zero-order valence-corrected chi connectivity index (χ0v) is 15.2. The topological polar surface area (TPSA) is 40.6 Å². The van der Waals surface area contributed by atoms with Crippen molar-refractivity contribution in [2.75, 3.05) is 13.7 Å². The first-order valence-corrected chi connectivity index (χ1v) is 9.43. The zero-order valence-electron chi connectivity index (χ0n) is 15.2. The van der Waals surface area contributed by atoms with Crippen LogP contribution in [0.1, 0.15) is 32.1 Å². The van der Waals surface area contributed by atoms with Gasteiger partial charge in [0.15, 0.2) is 11.5 Å². The number of allylic oxidation sites excluding steroid dienone is 4. The average molecular weight is 351 g/mol. The number of hydrogen-bond acceptors (Lipinski definition) is 4. The van der Waals surface area contributed by atoms with Crippen molar-refractivity contribution >= 4 is 10.9 Å². The van der Waals surface area contributed by atoms with Gasteiger partial charge >= 0.3 is 0 Å². The van der Waals surface area contributed by atoms with Crippen molar-refractivity contribution in [2.45, 2.75) is 38.2 Å². The molecule has 1 aromatic heterocycles. The summed E-state index contributed by atoms with van der Waals surface area (Å²) in [5.74, 6) is 3.27. The molecule has 4 rings (SSSR count). The molecule has 2 aromatic rings. The summed E-state index contributed by atoms with van der Waals surface area (Å²) in [6.45, 7) is 0.676. The van der Waals surface area contributed by atoms with Gasteiger partial charge in [-0.15, -0.1) is 0 Å². The van der Waals surface area contributed by atoms with Crippen molar-refractivity contribution in [1.82, 2.24) is 4.98 Å². The Balaban J connectivity index is 1.26. The average Bonchev–Trinajstić information content (AvgIpc) is 3.10. The number of pyridine rings is 1. The second kappa shape index (κ2) is 7.81. The normalized spacial score (nSPS) is 21.2. The minimum absolute atomic E-state index is 0.366. The van der Waals surface area contributed by atoms with Crippen molar-refractivity contribution in [3.05, 3.63) is 54.4 Å². The molecule has 4 nitrogen and oxygen atoms in total. The molecule has 0 bridgehead atoms. The molecule has 1 aromatic carbocycles. The van der Waals surface area contributed by atoms with E-state index in [-0.39, 0.29) is 0 Å². The van der Waals surface area contributed by atoms with Crippen LogP contribution in [0.4, 0.5) is 0 Å². The van der Waals surface area contributed by atoms with E-state index in [1.165, 1.54) is 5.76 Å². The van der Waals surface area contributed by atoms with Crippen LogP contribution < -0.4 is 9.47 Å². The molecule has 0 spiro atoms. The van der Waals surface area contributed by atoms with Gasteiger partial charge in [0.1, 0.15) is 5.52 Å². The molecular formula is C22H25NO3. The van der Waals surface area contributed by atoms with E-state index in [1.54, 1.807) is 13.3 Å². The number of ether oxygens (including phenoxy) is 3. The largest absolute Gasteiger partial charge is 0.494 e. The van der Waals surface area contributed by atoms with Crippen LogP contribution >= 0.6 is 0 Å². The molecule has 0 saturated carbocycles. The Labute approximate surface area is 154 Å². The van der Waals surface area contributed by atoms with Gasteiger partial charge in [0.25, 0.3) is 0 Å². The standard InChI is InChI=1S/C22H25NO3/c1-24-22-20(12-11-16-8-6-13-23-21(16)22)25-14-5-4-9-18-15-17-7-2-3-10-19(17)26-18/h2-3,6,8,10-13,17-18H,4-5,7,9,14-15H2,1H3. The Hall–Kier alpha value is -2.49. The van der Waals surface area contributed by atoms with Crippen LogP contribution in [-0.4, -0.2) is 24.8 Å². The van der Waals surface area contributed by atoms with Crippen LogP contribution in [0.15, 0.2) is 54.4 Å². The van der Waals surface area contributed by atoms with E-state index in [0.29, 0.717) is 24.4 Å². The van der Waals surface area contributed by atoms with Crippen molar-refractivity contribution in [3.63, 3.8) is 0 Å². The molecule has 1 aliphatic heterocycles. The van der Waals surface area contributed by atoms with Gasteiger partial charge < -0.3 is 14.2 Å². The summed E-state index contributed by atoms with van der Waals surface area (Å²) in [5.41, 5.74) is 0.844. The lowest BCUT2D eigenvalue weighted by Gasteiger charge is -2.13. The molecule has 1 saturated heterocycles. The molecular weight excluding hydrogens is 326 g/mol. The monoisotopic (exact) mass is 351 g/mol. The van der Waals surface area contributed by atoms with Gasteiger partial charge in [-0.3, -0.25) is 4.98 Å². The lowest BCUT2D eigenvalue weighted by molar-refractivity contribution is 0.146. The first kappa shape index (κ1) is 17.0. The predicted octanol–water partition coefficient (Wildman–Crippen LogP) is 5.04. The smallest absolute Gasteiger partial charge is 0.187 e. The maximum atomic E-state index is 6.06. The van der Waals surface area contributed by atoms with Crippen molar-refractivity contribution < 1.29 is 14.2 Å². The van der Waals surface area contributed by atoms with Gasteiger partial charge in [-0.25, -0.2) is 0 Å². The number of unbranched alkanes of at least 4 members (excludes halogenated alkanes) is 1. The third kappa shape index (κ3) is 3.55. The third-order valence-corrected chi connectivity index (χ3v) is 5.14. The van der Waals surface area contributed by atoms with E-state index in [1.807, 2.05) is 24.3 Å². The van der Waals surface area contributed by atoms with Crippen molar-refractivity contribution in [2.24, 2.45) is 5.92 Å². The van der Waals surface area contributed by atoms with Crippen LogP contribution in [0.2, 0.25) is 0 Å². The number of rotatable bonds is 7. The molecule has 2 heterocycles. The fourth-order valence-electron chi connectivity index (χ4n) is 3.81. The lowest BCUT2D eigenvalue weighted by Crippen LogP contribution is -2.06. The molecule has 136 valence electrons. The van der Waals surface area contributed by atoms with Gasteiger partial charge in [-0.05, 0) is 56.4 Å². The number of aromatic nitrogens is 1. The fourth-order valence-corrected chi connectivity index (χ4v) is 3.81. The molecule has 1 fully saturated rings. The van der Waals surface area contributed by atoms with E-state index in [4.69, 9.17) is 14.2 Å². The quantitative estimate of drug-likeness (QED) is 0.655. The Morgan fingerprint density at radius 1 is 1.23 bits per heavy atom. The predicted molar refractivity (Wildman–Crippen MR) is 102 cm³/mol. The molecule has 0 N–H and O–H groups in total. The minimum atomic E-state index is 0.366. The van der Waals surface area contributed by atoms with Crippen molar-refractivity contribution in [3.8, 4) is 11.5 Å². The minimum Gasteiger partial charge on any atom is -0.494 e. The summed E-state index contributed by atoms with van der Waals surface area (Å²) in [6, 6.07) is 7.94. The van der Waals surface area contributed by atoms with Gasteiger partial charge in [0.05, 0.1) is 25.6 Å². The molecule has 26 heavy (non-hydrogen) atoms. The number of benzene rings is 1. The number of nitrogens with zero attached hydrogens (tertiary/aromatic N) is 1. The van der Waals surface area contributed by atoms with Crippen LogP contribution in [0.3, 0.4) is 0 Å². The number of methoxy groups -OCH3 is 1. The maximum Gasteiger partial charge on any atom is 0.187 e. The first-order valence-electron chi connectivity index (χ1n) is 9.43. The molecule has 0 radical (unpaired) electrons. The van der Waals surface area contributed by atoms with Gasteiger partial charge in [0, 0.05) is 17.5 Å². The number of hydrogen-bond donors (Lipinski definition) is 0. The van der Waals surface area contributed by atoms with E-state index in [9.17, 15) is 0 Å². The van der Waals surface area contributed by atoms with Gasteiger partial charge in [-0.2, -0.15) is 0 Å². The second-order valence-electron chi connectivity index (χ2n) is 6.92.